The number of thioether (sulfide) groups is 1. The Kier molecular flexibility index (Phi) is 3.02. The van der Waals surface area contributed by atoms with E-state index < -0.39 is 0 Å². The van der Waals surface area contributed by atoms with Crippen molar-refractivity contribution >= 4 is 23.4 Å². The summed E-state index contributed by atoms with van der Waals surface area (Å²) in [5.41, 5.74) is 5.72. The summed E-state index contributed by atoms with van der Waals surface area (Å²) in [5.74, 6) is 0. The van der Waals surface area contributed by atoms with E-state index >= 15 is 0 Å². The summed E-state index contributed by atoms with van der Waals surface area (Å²) in [4.78, 5) is 1.16. The Labute approximate surface area is 92.8 Å². The Bertz CT molecular complexity index is 322. The van der Waals surface area contributed by atoms with Gasteiger partial charge in [-0.05, 0) is 18.2 Å². The van der Waals surface area contributed by atoms with Gasteiger partial charge in [0.05, 0.1) is 18.0 Å². The summed E-state index contributed by atoms with van der Waals surface area (Å²) in [7, 11) is 0. The van der Waals surface area contributed by atoms with Crippen LogP contribution in [0.5, 0.6) is 0 Å². The van der Waals surface area contributed by atoms with Crippen LogP contribution in [0.2, 0.25) is 5.02 Å². The van der Waals surface area contributed by atoms with Crippen LogP contribution in [0.15, 0.2) is 29.2 Å². The first-order chi connectivity index (χ1) is 6.74. The molecule has 1 saturated heterocycles. The van der Waals surface area contributed by atoms with E-state index in [0.717, 1.165) is 23.1 Å². The normalized spacial score (nSPS) is 19.0. The van der Waals surface area contributed by atoms with Crippen molar-refractivity contribution in [3.05, 3.63) is 29.3 Å². The molecule has 0 aliphatic carbocycles. The van der Waals surface area contributed by atoms with Gasteiger partial charge in [-0.25, -0.2) is 0 Å². The van der Waals surface area contributed by atoms with Gasteiger partial charge < -0.3 is 10.5 Å². The fourth-order valence-electron chi connectivity index (χ4n) is 1.33. The molecule has 0 spiro atoms. The molecule has 14 heavy (non-hydrogen) atoms. The quantitative estimate of drug-likeness (QED) is 0.863. The highest BCUT2D eigenvalue weighted by molar-refractivity contribution is 8.00. The molecule has 1 fully saturated rings. The molecule has 0 unspecified atom stereocenters. The van der Waals surface area contributed by atoms with Gasteiger partial charge in [0.25, 0.3) is 0 Å². The minimum atomic E-state index is 0.0741. The summed E-state index contributed by atoms with van der Waals surface area (Å²) >= 11 is 7.66. The molecule has 0 amide bonds. The largest absolute Gasteiger partial charge is 0.378 e. The first-order valence-electron chi connectivity index (χ1n) is 4.46. The van der Waals surface area contributed by atoms with Crippen LogP contribution in [0.3, 0.4) is 0 Å². The zero-order valence-electron chi connectivity index (χ0n) is 7.70. The van der Waals surface area contributed by atoms with Crippen LogP contribution >= 0.6 is 23.4 Å². The van der Waals surface area contributed by atoms with Crippen LogP contribution in [0, 0.1) is 0 Å². The van der Waals surface area contributed by atoms with Crippen molar-refractivity contribution in [1.29, 1.82) is 0 Å². The smallest absolute Gasteiger partial charge is 0.0794 e. The van der Waals surface area contributed by atoms with Gasteiger partial charge in [0.15, 0.2) is 0 Å². The number of ether oxygens (including phenoxy) is 1. The molecule has 0 aromatic heterocycles. The molecule has 2 N–H and O–H groups in total. The summed E-state index contributed by atoms with van der Waals surface area (Å²) < 4.78 is 5.27. The molecule has 2 nitrogen and oxygen atoms in total. The minimum Gasteiger partial charge on any atom is -0.378 e. The van der Waals surface area contributed by atoms with Crippen LogP contribution in [-0.2, 0) is 4.74 Å². The monoisotopic (exact) mass is 229 g/mol. The fourth-order valence-corrected chi connectivity index (χ4v) is 2.78. The lowest BCUT2D eigenvalue weighted by atomic mass is 10.1. The molecule has 1 heterocycles. The number of hydrogen-bond acceptors (Lipinski definition) is 3. The predicted molar refractivity (Wildman–Crippen MR) is 59.9 cm³/mol. The number of halogens is 1. The van der Waals surface area contributed by atoms with Crippen LogP contribution < -0.4 is 5.73 Å². The molecular weight excluding hydrogens is 218 g/mol. The molecule has 1 aromatic rings. The first-order valence-corrected chi connectivity index (χ1v) is 5.66. The van der Waals surface area contributed by atoms with E-state index in [-0.39, 0.29) is 4.75 Å². The maximum absolute atomic E-state index is 5.90. The first kappa shape index (κ1) is 10.3. The standard InChI is InChI=1S/C10H12ClNOS/c11-8-2-1-3-9(4-8)14-10(5-12)6-13-7-10/h1-4H,5-7,12H2. The van der Waals surface area contributed by atoms with E-state index in [0.29, 0.717) is 6.54 Å². The third-order valence-electron chi connectivity index (χ3n) is 2.23. The third kappa shape index (κ3) is 2.06. The average Bonchev–Trinajstić information content (AvgIpc) is 2.11. The van der Waals surface area contributed by atoms with Crippen LogP contribution in [-0.4, -0.2) is 24.5 Å². The summed E-state index contributed by atoms with van der Waals surface area (Å²) in [5, 5.41) is 0.766. The zero-order chi connectivity index (χ0) is 10.0. The van der Waals surface area contributed by atoms with Gasteiger partial charge in [-0.3, -0.25) is 0 Å². The molecule has 0 saturated carbocycles. The maximum Gasteiger partial charge on any atom is 0.0794 e. The molecule has 1 aromatic carbocycles. The highest BCUT2D eigenvalue weighted by atomic mass is 35.5. The van der Waals surface area contributed by atoms with Crippen molar-refractivity contribution in [3.63, 3.8) is 0 Å². The Hall–Kier alpha value is -0.220. The molecule has 0 bridgehead atoms. The summed E-state index contributed by atoms with van der Waals surface area (Å²) in [6.45, 7) is 2.12. The van der Waals surface area contributed by atoms with E-state index in [1.807, 2.05) is 24.3 Å². The molecule has 1 aliphatic heterocycles. The van der Waals surface area contributed by atoms with E-state index in [9.17, 15) is 0 Å². The van der Waals surface area contributed by atoms with Gasteiger partial charge in [0, 0.05) is 16.5 Å². The van der Waals surface area contributed by atoms with E-state index in [1.165, 1.54) is 0 Å². The Morgan fingerprint density at radius 1 is 1.50 bits per heavy atom. The lowest BCUT2D eigenvalue weighted by Crippen LogP contribution is -2.52. The van der Waals surface area contributed by atoms with Crippen LogP contribution in [0.4, 0.5) is 0 Å². The predicted octanol–water partition coefficient (Wildman–Crippen LogP) is 2.16. The van der Waals surface area contributed by atoms with E-state index in [4.69, 9.17) is 22.1 Å². The van der Waals surface area contributed by atoms with Crippen molar-refractivity contribution in [2.45, 2.75) is 9.64 Å². The fraction of sp³-hybridized carbons (Fsp3) is 0.400. The van der Waals surface area contributed by atoms with Crippen molar-refractivity contribution in [2.24, 2.45) is 5.73 Å². The Morgan fingerprint density at radius 3 is 2.79 bits per heavy atom. The third-order valence-corrected chi connectivity index (χ3v) is 3.79. The van der Waals surface area contributed by atoms with Gasteiger partial charge in [-0.15, -0.1) is 11.8 Å². The second-order valence-electron chi connectivity index (χ2n) is 3.44. The second-order valence-corrected chi connectivity index (χ2v) is 5.42. The zero-order valence-corrected chi connectivity index (χ0v) is 9.27. The molecule has 1 aliphatic rings. The SMILES string of the molecule is NCC1(Sc2cccc(Cl)c2)COC1. The van der Waals surface area contributed by atoms with E-state index in [2.05, 4.69) is 0 Å². The second kappa shape index (κ2) is 4.11. The van der Waals surface area contributed by atoms with Crippen molar-refractivity contribution in [2.75, 3.05) is 19.8 Å². The maximum atomic E-state index is 5.90. The molecule has 0 atom stereocenters. The van der Waals surface area contributed by atoms with Crippen molar-refractivity contribution < 1.29 is 4.74 Å². The number of rotatable bonds is 3. The lowest BCUT2D eigenvalue weighted by molar-refractivity contribution is -0.00434. The molecule has 76 valence electrons. The number of nitrogens with two attached hydrogens (primary N) is 1. The summed E-state index contributed by atoms with van der Waals surface area (Å²) in [6, 6.07) is 7.83. The lowest BCUT2D eigenvalue weighted by Gasteiger charge is -2.39. The Balaban J connectivity index is 2.09. The molecule has 2 rings (SSSR count). The summed E-state index contributed by atoms with van der Waals surface area (Å²) in [6.07, 6.45) is 0. The van der Waals surface area contributed by atoms with Gasteiger partial charge in [0.1, 0.15) is 0 Å². The Morgan fingerprint density at radius 2 is 2.29 bits per heavy atom. The average molecular weight is 230 g/mol. The topological polar surface area (TPSA) is 35.2 Å². The van der Waals surface area contributed by atoms with E-state index in [1.54, 1.807) is 11.8 Å². The minimum absolute atomic E-state index is 0.0741. The van der Waals surface area contributed by atoms with Crippen molar-refractivity contribution in [3.8, 4) is 0 Å². The van der Waals surface area contributed by atoms with Crippen LogP contribution in [0.1, 0.15) is 0 Å². The van der Waals surface area contributed by atoms with Gasteiger partial charge in [-0.2, -0.15) is 0 Å². The molecule has 4 heteroatoms. The molecule has 0 radical (unpaired) electrons. The number of benzene rings is 1. The van der Waals surface area contributed by atoms with Gasteiger partial charge in [-0.1, -0.05) is 17.7 Å². The highest BCUT2D eigenvalue weighted by Gasteiger charge is 2.38. The highest BCUT2D eigenvalue weighted by Crippen LogP contribution is 2.38. The van der Waals surface area contributed by atoms with Gasteiger partial charge in [0.2, 0.25) is 0 Å². The van der Waals surface area contributed by atoms with Gasteiger partial charge >= 0.3 is 0 Å². The number of hydrogen-bond donors (Lipinski definition) is 1. The van der Waals surface area contributed by atoms with Crippen molar-refractivity contribution in [1.82, 2.24) is 0 Å². The van der Waals surface area contributed by atoms with Crippen LogP contribution in [0.25, 0.3) is 0 Å². The molecular formula is C10H12ClNOS.